The minimum absolute atomic E-state index is 0.189. The molecule has 2 heterocycles. The molecule has 1 aromatic heterocycles. The molecule has 0 aromatic carbocycles. The summed E-state index contributed by atoms with van der Waals surface area (Å²) in [5.41, 5.74) is 1.14. The van der Waals surface area contributed by atoms with Crippen LogP contribution in [0.15, 0.2) is 9.85 Å². The van der Waals surface area contributed by atoms with Crippen molar-refractivity contribution in [1.82, 2.24) is 10.2 Å². The van der Waals surface area contributed by atoms with Gasteiger partial charge in [0.15, 0.2) is 0 Å². The van der Waals surface area contributed by atoms with Crippen LogP contribution in [-0.4, -0.2) is 36.5 Å². The molecule has 0 radical (unpaired) electrons. The van der Waals surface area contributed by atoms with Crippen molar-refractivity contribution in [1.29, 1.82) is 0 Å². The van der Waals surface area contributed by atoms with Crippen molar-refractivity contribution in [2.45, 2.75) is 39.2 Å². The Kier molecular flexibility index (Phi) is 5.42. The van der Waals surface area contributed by atoms with Crippen LogP contribution < -0.4 is 5.32 Å². The lowest BCUT2D eigenvalue weighted by Crippen LogP contribution is -2.48. The maximum atomic E-state index is 12.7. The Balaban J connectivity index is 2.15. The Morgan fingerprint density at radius 2 is 2.42 bits per heavy atom. The van der Waals surface area contributed by atoms with Crippen molar-refractivity contribution >= 4 is 33.2 Å². The predicted octanol–water partition coefficient (Wildman–Crippen LogP) is 3.42. The molecule has 1 aliphatic heterocycles. The highest BCUT2D eigenvalue weighted by Crippen LogP contribution is 2.29. The van der Waals surface area contributed by atoms with E-state index in [2.05, 4.69) is 33.1 Å². The largest absolute Gasteiger partial charge is 0.334 e. The van der Waals surface area contributed by atoms with Crippen molar-refractivity contribution < 1.29 is 4.79 Å². The summed E-state index contributed by atoms with van der Waals surface area (Å²) in [6.45, 7) is 7.02. The monoisotopic (exact) mass is 344 g/mol. The van der Waals surface area contributed by atoms with E-state index < -0.39 is 0 Å². The number of aryl methyl sites for hydroxylation is 1. The molecule has 0 spiro atoms. The lowest BCUT2D eigenvalue weighted by atomic mass is 10.1. The lowest BCUT2D eigenvalue weighted by Gasteiger charge is -2.34. The molecule has 0 bridgehead atoms. The number of carbonyl (C=O) groups excluding carboxylic acids is 1. The molecule has 0 aliphatic carbocycles. The molecule has 19 heavy (non-hydrogen) atoms. The van der Waals surface area contributed by atoms with E-state index in [9.17, 15) is 4.79 Å². The molecule has 2 rings (SSSR count). The third kappa shape index (κ3) is 3.58. The van der Waals surface area contributed by atoms with Crippen LogP contribution in [0.5, 0.6) is 0 Å². The van der Waals surface area contributed by atoms with Gasteiger partial charge in [-0.1, -0.05) is 6.92 Å². The van der Waals surface area contributed by atoms with Gasteiger partial charge in [0.2, 0.25) is 0 Å². The fraction of sp³-hybridized carbons (Fsp3) is 0.643. The molecule has 1 unspecified atom stereocenters. The van der Waals surface area contributed by atoms with Crippen LogP contribution in [0.25, 0.3) is 0 Å². The normalized spacial score (nSPS) is 19.4. The van der Waals surface area contributed by atoms with Gasteiger partial charge in [-0.15, -0.1) is 11.3 Å². The third-order valence-electron chi connectivity index (χ3n) is 3.50. The Bertz CT molecular complexity index is 421. The van der Waals surface area contributed by atoms with E-state index in [4.69, 9.17) is 0 Å². The molecule has 1 saturated heterocycles. The zero-order chi connectivity index (χ0) is 13.8. The number of nitrogens with one attached hydrogen (secondary N) is 1. The average Bonchev–Trinajstić information content (AvgIpc) is 2.76. The summed E-state index contributed by atoms with van der Waals surface area (Å²) in [4.78, 5) is 15.6. The van der Waals surface area contributed by atoms with Gasteiger partial charge in [-0.3, -0.25) is 4.79 Å². The molecule has 1 atom stereocenters. The summed E-state index contributed by atoms with van der Waals surface area (Å²) in [6.07, 6.45) is 3.28. The van der Waals surface area contributed by atoms with Gasteiger partial charge in [0.25, 0.3) is 5.91 Å². The molecule has 0 saturated carbocycles. The van der Waals surface area contributed by atoms with Gasteiger partial charge in [-0.25, -0.2) is 0 Å². The Morgan fingerprint density at radius 1 is 1.63 bits per heavy atom. The fourth-order valence-corrected chi connectivity index (χ4v) is 3.99. The Labute approximate surface area is 127 Å². The lowest BCUT2D eigenvalue weighted by molar-refractivity contribution is 0.0654. The van der Waals surface area contributed by atoms with Crippen molar-refractivity contribution in [2.75, 3.05) is 19.6 Å². The average molecular weight is 345 g/mol. The maximum absolute atomic E-state index is 12.7. The van der Waals surface area contributed by atoms with Crippen LogP contribution in [0.2, 0.25) is 0 Å². The van der Waals surface area contributed by atoms with Gasteiger partial charge in [0, 0.05) is 19.1 Å². The summed E-state index contributed by atoms with van der Waals surface area (Å²) < 4.78 is 1.06. The Morgan fingerprint density at radius 3 is 2.95 bits per heavy atom. The molecule has 106 valence electrons. The first-order chi connectivity index (χ1) is 9.13. The number of hydrogen-bond acceptors (Lipinski definition) is 3. The standard InChI is InChI=1S/C14H21BrN2OS/c1-3-7-17(11-5-4-6-16-9-11)14(18)12-8-10(2)13(15)19-12/h8,11,16H,3-7,9H2,1-2H3. The number of amides is 1. The first-order valence-corrected chi connectivity index (χ1v) is 8.52. The van der Waals surface area contributed by atoms with Crippen LogP contribution in [0, 0.1) is 6.92 Å². The Hall–Kier alpha value is -0.390. The van der Waals surface area contributed by atoms with Gasteiger partial charge in [0.05, 0.1) is 8.66 Å². The second-order valence-corrected chi connectivity index (χ2v) is 7.44. The smallest absolute Gasteiger partial charge is 0.264 e. The van der Waals surface area contributed by atoms with E-state index in [1.165, 1.54) is 0 Å². The number of halogens is 1. The van der Waals surface area contributed by atoms with Crippen LogP contribution in [0.1, 0.15) is 41.4 Å². The molecule has 1 N–H and O–H groups in total. The van der Waals surface area contributed by atoms with Crippen LogP contribution in [0.4, 0.5) is 0 Å². The molecule has 1 aromatic rings. The molecular weight excluding hydrogens is 324 g/mol. The van der Waals surface area contributed by atoms with Crippen LogP contribution in [0.3, 0.4) is 0 Å². The number of thiophene rings is 1. The summed E-state index contributed by atoms with van der Waals surface area (Å²) in [5, 5.41) is 3.40. The van der Waals surface area contributed by atoms with Gasteiger partial charge in [0.1, 0.15) is 0 Å². The van der Waals surface area contributed by atoms with E-state index in [0.717, 1.165) is 53.1 Å². The first-order valence-electron chi connectivity index (χ1n) is 6.91. The second kappa shape index (κ2) is 6.86. The summed E-state index contributed by atoms with van der Waals surface area (Å²) in [5.74, 6) is 0.189. The van der Waals surface area contributed by atoms with Gasteiger partial charge in [-0.05, 0) is 60.3 Å². The molecule has 1 aliphatic rings. The van der Waals surface area contributed by atoms with Crippen LogP contribution >= 0.6 is 27.3 Å². The van der Waals surface area contributed by atoms with Crippen LogP contribution in [-0.2, 0) is 0 Å². The first kappa shape index (κ1) is 15.0. The highest BCUT2D eigenvalue weighted by Gasteiger charge is 2.26. The second-order valence-electron chi connectivity index (χ2n) is 5.07. The number of hydrogen-bond donors (Lipinski definition) is 1. The zero-order valence-electron chi connectivity index (χ0n) is 11.5. The minimum Gasteiger partial charge on any atom is -0.334 e. The highest BCUT2D eigenvalue weighted by atomic mass is 79.9. The number of carbonyl (C=O) groups is 1. The minimum atomic E-state index is 0.189. The SMILES string of the molecule is CCCN(C(=O)c1cc(C)c(Br)s1)C1CCCNC1. The molecule has 1 amide bonds. The van der Waals surface area contributed by atoms with Crippen molar-refractivity contribution in [3.63, 3.8) is 0 Å². The number of piperidine rings is 1. The van der Waals surface area contributed by atoms with E-state index in [1.54, 1.807) is 11.3 Å². The summed E-state index contributed by atoms with van der Waals surface area (Å²) in [6, 6.07) is 2.35. The fourth-order valence-electron chi connectivity index (χ4n) is 2.50. The van der Waals surface area contributed by atoms with Gasteiger partial charge >= 0.3 is 0 Å². The van der Waals surface area contributed by atoms with E-state index in [0.29, 0.717) is 6.04 Å². The van der Waals surface area contributed by atoms with E-state index >= 15 is 0 Å². The zero-order valence-corrected chi connectivity index (χ0v) is 13.9. The third-order valence-corrected chi connectivity index (χ3v) is 5.63. The quantitative estimate of drug-likeness (QED) is 0.907. The molecule has 1 fully saturated rings. The van der Waals surface area contributed by atoms with E-state index in [1.807, 2.05) is 13.0 Å². The molecular formula is C14H21BrN2OS. The van der Waals surface area contributed by atoms with Crippen molar-refractivity contribution in [3.8, 4) is 0 Å². The van der Waals surface area contributed by atoms with Crippen molar-refractivity contribution in [2.24, 2.45) is 0 Å². The van der Waals surface area contributed by atoms with Gasteiger partial charge < -0.3 is 10.2 Å². The van der Waals surface area contributed by atoms with Crippen molar-refractivity contribution in [3.05, 3.63) is 20.3 Å². The highest BCUT2D eigenvalue weighted by molar-refractivity contribution is 9.11. The predicted molar refractivity (Wildman–Crippen MR) is 84.0 cm³/mol. The summed E-state index contributed by atoms with van der Waals surface area (Å²) >= 11 is 5.05. The molecule has 5 heteroatoms. The number of rotatable bonds is 4. The molecule has 3 nitrogen and oxygen atoms in total. The summed E-state index contributed by atoms with van der Waals surface area (Å²) in [7, 11) is 0. The van der Waals surface area contributed by atoms with Gasteiger partial charge in [-0.2, -0.15) is 0 Å². The maximum Gasteiger partial charge on any atom is 0.264 e. The topological polar surface area (TPSA) is 32.3 Å². The van der Waals surface area contributed by atoms with E-state index in [-0.39, 0.29) is 5.91 Å². The number of nitrogens with zero attached hydrogens (tertiary/aromatic N) is 1.